The van der Waals surface area contributed by atoms with Gasteiger partial charge in [0.15, 0.2) is 19.7 Å². The van der Waals surface area contributed by atoms with Gasteiger partial charge in [0.1, 0.15) is 0 Å². The maximum atomic E-state index is 13.3. The molecule has 2 heterocycles. The fourth-order valence-electron chi connectivity index (χ4n) is 3.40. The Morgan fingerprint density at radius 2 is 1.59 bits per heavy atom. The molecule has 1 aromatic carbocycles. The lowest BCUT2D eigenvalue weighted by atomic mass is 10.1. The summed E-state index contributed by atoms with van der Waals surface area (Å²) in [5.74, 6) is -0.526. The molecule has 0 bridgehead atoms. The minimum absolute atomic E-state index is 0.00877. The number of benzene rings is 1. The van der Waals surface area contributed by atoms with E-state index in [-0.39, 0.29) is 34.3 Å². The van der Waals surface area contributed by atoms with Gasteiger partial charge in [-0.15, -0.1) is 4.41 Å². The molecule has 0 aliphatic carbocycles. The molecule has 2 saturated heterocycles. The molecular weight excluding hydrogens is 412 g/mol. The van der Waals surface area contributed by atoms with Crippen LogP contribution in [0.5, 0.6) is 0 Å². The van der Waals surface area contributed by atoms with Crippen LogP contribution in [0.15, 0.2) is 23.1 Å². The monoisotopic (exact) mass is 436 g/mol. The van der Waals surface area contributed by atoms with E-state index in [2.05, 4.69) is 5.43 Å². The molecule has 1 aromatic rings. The van der Waals surface area contributed by atoms with Crippen molar-refractivity contribution in [1.29, 1.82) is 0 Å². The van der Waals surface area contributed by atoms with E-state index in [1.807, 2.05) is 6.92 Å². The minimum atomic E-state index is -4.04. The van der Waals surface area contributed by atoms with Gasteiger partial charge in [0.2, 0.25) is 0 Å². The van der Waals surface area contributed by atoms with Gasteiger partial charge in [0.25, 0.3) is 10.0 Å². The van der Waals surface area contributed by atoms with Crippen molar-refractivity contribution in [3.05, 3.63) is 29.3 Å². The van der Waals surface area contributed by atoms with Gasteiger partial charge in [-0.05, 0) is 49.9 Å². The van der Waals surface area contributed by atoms with E-state index < -0.39 is 41.8 Å². The van der Waals surface area contributed by atoms with Gasteiger partial charge in [-0.25, -0.2) is 30.7 Å². The topological polar surface area (TPSA) is 118 Å². The Morgan fingerprint density at radius 3 is 2.11 bits per heavy atom. The summed E-state index contributed by atoms with van der Waals surface area (Å²) in [5.41, 5.74) is 4.57. The Morgan fingerprint density at radius 1 is 0.963 bits per heavy atom. The second-order valence-electron chi connectivity index (χ2n) is 7.33. The highest BCUT2D eigenvalue weighted by Crippen LogP contribution is 2.26. The SMILES string of the molecule is Cc1ccc(S(=O)(=O)N(N[C@H]2CCS(=O)(=O)C2)[C@H]2CCS(=O)(=O)C2)cc1C. The largest absolute Gasteiger partial charge is 0.256 e. The van der Waals surface area contributed by atoms with Crippen LogP contribution in [-0.4, -0.2) is 64.8 Å². The van der Waals surface area contributed by atoms with Gasteiger partial charge in [-0.1, -0.05) is 6.07 Å². The second kappa shape index (κ2) is 7.11. The molecular formula is C16H24N2O6S3. The Balaban J connectivity index is 1.96. The molecule has 1 N–H and O–H groups in total. The van der Waals surface area contributed by atoms with Crippen molar-refractivity contribution in [2.45, 2.75) is 43.7 Å². The summed E-state index contributed by atoms with van der Waals surface area (Å²) in [7, 11) is -10.6. The molecule has 0 saturated carbocycles. The number of sulfone groups is 2. The lowest BCUT2D eigenvalue weighted by Crippen LogP contribution is -2.54. The van der Waals surface area contributed by atoms with Crippen molar-refractivity contribution in [3.63, 3.8) is 0 Å². The Kier molecular flexibility index (Phi) is 5.45. The second-order valence-corrected chi connectivity index (χ2v) is 13.6. The van der Waals surface area contributed by atoms with E-state index >= 15 is 0 Å². The molecule has 0 unspecified atom stereocenters. The first-order valence-electron chi connectivity index (χ1n) is 8.68. The fourth-order valence-corrected chi connectivity index (χ4v) is 8.51. The normalized spacial score (nSPS) is 27.2. The molecule has 2 aliphatic rings. The van der Waals surface area contributed by atoms with Crippen LogP contribution in [0.2, 0.25) is 0 Å². The number of nitrogens with zero attached hydrogens (tertiary/aromatic N) is 1. The molecule has 11 heteroatoms. The number of hydrogen-bond acceptors (Lipinski definition) is 7. The first-order valence-corrected chi connectivity index (χ1v) is 13.8. The van der Waals surface area contributed by atoms with Gasteiger partial charge < -0.3 is 0 Å². The first-order chi connectivity index (χ1) is 12.4. The zero-order valence-electron chi connectivity index (χ0n) is 15.3. The van der Waals surface area contributed by atoms with Crippen molar-refractivity contribution in [2.24, 2.45) is 0 Å². The third-order valence-corrected chi connectivity index (χ3v) is 10.4. The van der Waals surface area contributed by atoms with Crippen LogP contribution < -0.4 is 5.43 Å². The van der Waals surface area contributed by atoms with E-state index in [9.17, 15) is 25.3 Å². The molecule has 3 rings (SSSR count). The minimum Gasteiger partial charge on any atom is -0.237 e. The van der Waals surface area contributed by atoms with Gasteiger partial charge in [-0.2, -0.15) is 0 Å². The maximum Gasteiger partial charge on any atom is 0.256 e. The number of hydrogen-bond donors (Lipinski definition) is 1. The van der Waals surface area contributed by atoms with Crippen molar-refractivity contribution < 1.29 is 25.3 Å². The average molecular weight is 437 g/mol. The molecule has 27 heavy (non-hydrogen) atoms. The van der Waals surface area contributed by atoms with E-state index in [0.717, 1.165) is 15.5 Å². The molecule has 0 aromatic heterocycles. The van der Waals surface area contributed by atoms with Crippen LogP contribution in [0.25, 0.3) is 0 Å². The standard InChI is InChI=1S/C16H24N2O6S3/c1-12-3-4-16(9-13(12)2)27(23,24)18(15-6-8-26(21,22)11-15)17-14-5-7-25(19,20)10-14/h3-4,9,14-15,17H,5-8,10-11H2,1-2H3/t14-,15-/m0/s1. The summed E-state index contributed by atoms with van der Waals surface area (Å²) in [6.07, 6.45) is 0.472. The molecule has 8 nitrogen and oxygen atoms in total. The third kappa shape index (κ3) is 4.53. The molecule has 0 amide bonds. The quantitative estimate of drug-likeness (QED) is 0.654. The summed E-state index contributed by atoms with van der Waals surface area (Å²) in [6.45, 7) is 3.67. The number of hydrazine groups is 1. The molecule has 2 aliphatic heterocycles. The predicted octanol–water partition coefficient (Wildman–Crippen LogP) is 0.173. The Hall–Kier alpha value is -1.01. The third-order valence-electron chi connectivity index (χ3n) is 5.12. The molecule has 0 spiro atoms. The van der Waals surface area contributed by atoms with Crippen LogP contribution in [0.4, 0.5) is 0 Å². The zero-order chi connectivity index (χ0) is 20.0. The summed E-state index contributed by atoms with van der Waals surface area (Å²) < 4.78 is 74.8. The van der Waals surface area contributed by atoms with Gasteiger partial charge in [0, 0.05) is 6.04 Å². The average Bonchev–Trinajstić information content (AvgIpc) is 3.08. The smallest absolute Gasteiger partial charge is 0.237 e. The van der Waals surface area contributed by atoms with Gasteiger partial charge in [0.05, 0.1) is 33.9 Å². The van der Waals surface area contributed by atoms with Crippen molar-refractivity contribution >= 4 is 29.7 Å². The highest BCUT2D eigenvalue weighted by atomic mass is 32.2. The lowest BCUT2D eigenvalue weighted by Gasteiger charge is -2.30. The van der Waals surface area contributed by atoms with E-state index in [4.69, 9.17) is 0 Å². The van der Waals surface area contributed by atoms with Crippen LogP contribution in [0.3, 0.4) is 0 Å². The highest BCUT2D eigenvalue weighted by Gasteiger charge is 2.41. The first kappa shape index (κ1) is 20.7. The zero-order valence-corrected chi connectivity index (χ0v) is 17.7. The van der Waals surface area contributed by atoms with Gasteiger partial charge in [-0.3, -0.25) is 0 Å². The lowest BCUT2D eigenvalue weighted by molar-refractivity contribution is 0.229. The number of aryl methyl sites for hydroxylation is 2. The van der Waals surface area contributed by atoms with Crippen molar-refractivity contribution in [3.8, 4) is 0 Å². The summed E-state index contributed by atoms with van der Waals surface area (Å²) in [6, 6.07) is 3.42. The Labute approximate surface area is 160 Å². The van der Waals surface area contributed by atoms with E-state index in [0.29, 0.717) is 6.42 Å². The molecule has 152 valence electrons. The van der Waals surface area contributed by atoms with E-state index in [1.165, 1.54) is 6.07 Å². The van der Waals surface area contributed by atoms with E-state index in [1.54, 1.807) is 19.1 Å². The van der Waals surface area contributed by atoms with Crippen LogP contribution in [-0.2, 0) is 29.7 Å². The van der Waals surface area contributed by atoms with Crippen LogP contribution in [0, 0.1) is 13.8 Å². The number of nitrogens with one attached hydrogen (secondary N) is 1. The van der Waals surface area contributed by atoms with Gasteiger partial charge >= 0.3 is 0 Å². The summed E-state index contributed by atoms with van der Waals surface area (Å²) in [5, 5.41) is 0. The maximum absolute atomic E-state index is 13.3. The number of rotatable bonds is 5. The molecule has 2 atom stereocenters. The molecule has 2 fully saturated rings. The predicted molar refractivity (Wildman–Crippen MR) is 102 cm³/mol. The van der Waals surface area contributed by atoms with Crippen molar-refractivity contribution in [1.82, 2.24) is 9.84 Å². The fraction of sp³-hybridized carbons (Fsp3) is 0.625. The Bertz CT molecular complexity index is 1050. The summed E-state index contributed by atoms with van der Waals surface area (Å²) >= 11 is 0. The van der Waals surface area contributed by atoms with Crippen molar-refractivity contribution in [2.75, 3.05) is 23.0 Å². The van der Waals surface area contributed by atoms with Crippen LogP contribution >= 0.6 is 0 Å². The van der Waals surface area contributed by atoms with Crippen LogP contribution in [0.1, 0.15) is 24.0 Å². The molecule has 0 radical (unpaired) electrons. The highest BCUT2D eigenvalue weighted by molar-refractivity contribution is 7.92. The number of sulfonamides is 1. The summed E-state index contributed by atoms with van der Waals surface area (Å²) in [4.78, 5) is 0.0586.